The largest absolute Gasteiger partial charge is 0.496 e. The molecule has 1 unspecified atom stereocenters. The quantitative estimate of drug-likeness (QED) is 0.702. The van der Waals surface area contributed by atoms with Crippen molar-refractivity contribution in [1.82, 2.24) is 10.2 Å². The van der Waals surface area contributed by atoms with Gasteiger partial charge in [-0.05, 0) is 24.1 Å². The second-order valence-corrected chi connectivity index (χ2v) is 7.35. The van der Waals surface area contributed by atoms with E-state index in [0.29, 0.717) is 24.4 Å². The Morgan fingerprint density at radius 3 is 2.77 bits per heavy atom. The average molecular weight is 427 g/mol. The molecule has 1 aromatic carbocycles. The number of esters is 1. The Morgan fingerprint density at radius 1 is 1.38 bits per heavy atom. The number of halogens is 1. The highest BCUT2D eigenvalue weighted by Crippen LogP contribution is 2.26. The first-order valence-corrected chi connectivity index (χ1v) is 9.20. The number of piperazine rings is 1. The number of hydrogen-bond donors (Lipinski definition) is 1. The third-order valence-electron chi connectivity index (χ3n) is 3.92. The Morgan fingerprint density at radius 2 is 2.12 bits per heavy atom. The highest BCUT2D eigenvalue weighted by Gasteiger charge is 2.36. The van der Waals surface area contributed by atoms with E-state index in [2.05, 4.69) is 21.2 Å². The van der Waals surface area contributed by atoms with Gasteiger partial charge in [0, 0.05) is 17.6 Å². The van der Waals surface area contributed by atoms with E-state index < -0.39 is 12.0 Å². The number of nitrogens with one attached hydrogen (secondary N) is 1. The molecule has 0 radical (unpaired) electrons. The number of hydrogen-bond acceptors (Lipinski definition) is 5. The normalized spacial score (nSPS) is 17.0. The summed E-state index contributed by atoms with van der Waals surface area (Å²) in [6, 6.07) is 4.17. The molecule has 0 aromatic heterocycles. The van der Waals surface area contributed by atoms with E-state index in [-0.39, 0.29) is 30.8 Å². The highest BCUT2D eigenvalue weighted by molar-refractivity contribution is 9.10. The van der Waals surface area contributed by atoms with Gasteiger partial charge in [0.1, 0.15) is 11.8 Å². The molecule has 0 saturated carbocycles. The first-order chi connectivity index (χ1) is 12.3. The van der Waals surface area contributed by atoms with Gasteiger partial charge in [0.05, 0.1) is 25.7 Å². The standard InChI is InChI=1S/C18H23BrN2O5/c1-11(2)10-26-16(22)9-14-17(23)20-6-7-21(14)18(24)13-8-12(19)4-5-15(13)25-3/h4-5,8,11,14H,6-7,9-10H2,1-3H3,(H,20,23). The summed E-state index contributed by atoms with van der Waals surface area (Å²) in [5.74, 6) is -0.618. The lowest BCUT2D eigenvalue weighted by atomic mass is 10.1. The topological polar surface area (TPSA) is 84.9 Å². The van der Waals surface area contributed by atoms with Gasteiger partial charge in [-0.1, -0.05) is 29.8 Å². The summed E-state index contributed by atoms with van der Waals surface area (Å²) < 4.78 is 11.1. The van der Waals surface area contributed by atoms with Crippen molar-refractivity contribution in [3.8, 4) is 5.75 Å². The maximum atomic E-state index is 13.0. The molecule has 2 rings (SSSR count). The molecule has 1 aliphatic rings. The van der Waals surface area contributed by atoms with Crippen LogP contribution in [-0.2, 0) is 14.3 Å². The molecule has 26 heavy (non-hydrogen) atoms. The summed E-state index contributed by atoms with van der Waals surface area (Å²) in [6.45, 7) is 4.77. The third kappa shape index (κ3) is 4.97. The van der Waals surface area contributed by atoms with E-state index >= 15 is 0 Å². The van der Waals surface area contributed by atoms with Gasteiger partial charge >= 0.3 is 5.97 Å². The summed E-state index contributed by atoms with van der Waals surface area (Å²) in [6.07, 6.45) is -0.180. The molecule has 142 valence electrons. The van der Waals surface area contributed by atoms with Crippen molar-refractivity contribution in [3.05, 3.63) is 28.2 Å². The van der Waals surface area contributed by atoms with E-state index in [9.17, 15) is 14.4 Å². The molecule has 1 aliphatic heterocycles. The van der Waals surface area contributed by atoms with Crippen molar-refractivity contribution in [2.75, 3.05) is 26.8 Å². The summed E-state index contributed by atoms with van der Waals surface area (Å²) in [4.78, 5) is 38.8. The van der Waals surface area contributed by atoms with E-state index in [0.717, 1.165) is 4.47 Å². The third-order valence-corrected chi connectivity index (χ3v) is 4.41. The molecule has 1 saturated heterocycles. The van der Waals surface area contributed by atoms with Crippen LogP contribution in [0.15, 0.2) is 22.7 Å². The van der Waals surface area contributed by atoms with E-state index in [4.69, 9.17) is 9.47 Å². The minimum Gasteiger partial charge on any atom is -0.496 e. The van der Waals surface area contributed by atoms with Crippen LogP contribution < -0.4 is 10.1 Å². The Balaban J connectivity index is 2.21. The van der Waals surface area contributed by atoms with E-state index in [1.165, 1.54) is 12.0 Å². The number of benzene rings is 1. The fourth-order valence-corrected chi connectivity index (χ4v) is 3.00. The maximum Gasteiger partial charge on any atom is 0.308 e. The molecule has 1 fully saturated rings. The molecule has 8 heteroatoms. The van der Waals surface area contributed by atoms with E-state index in [1.807, 2.05) is 13.8 Å². The molecule has 1 N–H and O–H groups in total. The van der Waals surface area contributed by atoms with Crippen LogP contribution in [-0.4, -0.2) is 55.5 Å². The zero-order valence-corrected chi connectivity index (χ0v) is 16.7. The van der Waals surface area contributed by atoms with Gasteiger partial charge in [-0.3, -0.25) is 14.4 Å². The minimum atomic E-state index is -0.903. The van der Waals surface area contributed by atoms with Crippen LogP contribution in [0.25, 0.3) is 0 Å². The minimum absolute atomic E-state index is 0.180. The molecule has 1 heterocycles. The van der Waals surface area contributed by atoms with Crippen LogP contribution in [0.5, 0.6) is 5.75 Å². The molecule has 2 amide bonds. The van der Waals surface area contributed by atoms with Gasteiger partial charge in [0.2, 0.25) is 5.91 Å². The molecule has 0 aliphatic carbocycles. The number of amides is 2. The molecule has 0 bridgehead atoms. The van der Waals surface area contributed by atoms with Crippen LogP contribution in [0.4, 0.5) is 0 Å². The van der Waals surface area contributed by atoms with Crippen LogP contribution >= 0.6 is 15.9 Å². The summed E-state index contributed by atoms with van der Waals surface area (Å²) in [5.41, 5.74) is 0.331. The van der Waals surface area contributed by atoms with Gasteiger partial charge in [0.25, 0.3) is 5.91 Å². The first-order valence-electron chi connectivity index (χ1n) is 8.41. The molecule has 7 nitrogen and oxygen atoms in total. The second-order valence-electron chi connectivity index (χ2n) is 6.43. The van der Waals surface area contributed by atoms with Crippen molar-refractivity contribution >= 4 is 33.7 Å². The lowest BCUT2D eigenvalue weighted by molar-refractivity contribution is -0.148. The monoisotopic (exact) mass is 426 g/mol. The number of carbonyl (C=O) groups excluding carboxylic acids is 3. The number of methoxy groups -OCH3 is 1. The Kier molecular flexibility index (Phi) is 7.02. The van der Waals surface area contributed by atoms with Crippen LogP contribution in [0.2, 0.25) is 0 Å². The summed E-state index contributed by atoms with van der Waals surface area (Å²) >= 11 is 3.34. The van der Waals surface area contributed by atoms with Crippen molar-refractivity contribution in [3.63, 3.8) is 0 Å². The smallest absolute Gasteiger partial charge is 0.308 e. The maximum absolute atomic E-state index is 13.0. The lowest BCUT2D eigenvalue weighted by Crippen LogP contribution is -2.57. The number of rotatable bonds is 6. The zero-order valence-electron chi connectivity index (χ0n) is 15.1. The van der Waals surface area contributed by atoms with Crippen molar-refractivity contribution in [2.24, 2.45) is 5.92 Å². The van der Waals surface area contributed by atoms with Crippen LogP contribution in [0, 0.1) is 5.92 Å². The van der Waals surface area contributed by atoms with Gasteiger partial charge in [0.15, 0.2) is 0 Å². The lowest BCUT2D eigenvalue weighted by Gasteiger charge is -2.34. The Labute approximate surface area is 161 Å². The van der Waals surface area contributed by atoms with Gasteiger partial charge in [-0.25, -0.2) is 0 Å². The zero-order chi connectivity index (χ0) is 19.3. The number of ether oxygens (including phenoxy) is 2. The number of carbonyl (C=O) groups is 3. The Hall–Kier alpha value is -2.09. The molecule has 0 spiro atoms. The van der Waals surface area contributed by atoms with Crippen LogP contribution in [0.1, 0.15) is 30.6 Å². The fraction of sp³-hybridized carbons (Fsp3) is 0.500. The van der Waals surface area contributed by atoms with Gasteiger partial charge in [-0.15, -0.1) is 0 Å². The number of nitrogens with zero attached hydrogens (tertiary/aromatic N) is 1. The summed E-state index contributed by atoms with van der Waals surface area (Å²) in [5, 5.41) is 2.70. The van der Waals surface area contributed by atoms with Crippen molar-refractivity contribution in [1.29, 1.82) is 0 Å². The SMILES string of the molecule is COc1ccc(Br)cc1C(=O)N1CCNC(=O)C1CC(=O)OCC(C)C. The van der Waals surface area contributed by atoms with Gasteiger partial charge < -0.3 is 19.7 Å². The van der Waals surface area contributed by atoms with Crippen molar-refractivity contribution in [2.45, 2.75) is 26.3 Å². The van der Waals surface area contributed by atoms with E-state index in [1.54, 1.807) is 18.2 Å². The predicted octanol–water partition coefficient (Wildman–Crippen LogP) is 1.99. The average Bonchev–Trinajstić information content (AvgIpc) is 2.61. The van der Waals surface area contributed by atoms with Gasteiger partial charge in [-0.2, -0.15) is 0 Å². The first kappa shape index (κ1) is 20.2. The fourth-order valence-electron chi connectivity index (χ4n) is 2.64. The molecule has 1 aromatic rings. The van der Waals surface area contributed by atoms with Crippen LogP contribution in [0.3, 0.4) is 0 Å². The molecular formula is C18H23BrN2O5. The predicted molar refractivity (Wildman–Crippen MR) is 98.9 cm³/mol. The second kappa shape index (κ2) is 9.02. The van der Waals surface area contributed by atoms with Crippen molar-refractivity contribution < 1.29 is 23.9 Å². The summed E-state index contributed by atoms with van der Waals surface area (Å²) in [7, 11) is 1.48. The molecular weight excluding hydrogens is 404 g/mol. The highest BCUT2D eigenvalue weighted by atomic mass is 79.9. The molecule has 1 atom stereocenters. The Bertz CT molecular complexity index is 692.